The Morgan fingerprint density at radius 2 is 2.19 bits per heavy atom. The second kappa shape index (κ2) is 6.30. The second-order valence-electron chi connectivity index (χ2n) is 5.87. The van der Waals surface area contributed by atoms with Crippen molar-refractivity contribution in [1.82, 2.24) is 10.2 Å². The van der Waals surface area contributed by atoms with Crippen molar-refractivity contribution in [2.75, 3.05) is 13.1 Å². The van der Waals surface area contributed by atoms with Crippen LogP contribution in [0.25, 0.3) is 0 Å². The molecule has 2 aliphatic rings. The van der Waals surface area contributed by atoms with Gasteiger partial charge in [0.25, 0.3) is 5.69 Å². The van der Waals surface area contributed by atoms with E-state index < -0.39 is 0 Å². The van der Waals surface area contributed by atoms with Crippen LogP contribution in [0, 0.1) is 10.1 Å². The van der Waals surface area contributed by atoms with E-state index in [1.807, 2.05) is 0 Å². The number of fused-ring (bicyclic) bond motifs is 1. The number of piperidine rings is 1. The molecule has 2 saturated heterocycles. The number of hydrogen-bond donors (Lipinski definition) is 1. The molecule has 2 aliphatic heterocycles. The van der Waals surface area contributed by atoms with Crippen molar-refractivity contribution in [2.24, 2.45) is 0 Å². The topological polar surface area (TPSA) is 58.4 Å². The van der Waals surface area contributed by atoms with Gasteiger partial charge in [0.2, 0.25) is 0 Å². The van der Waals surface area contributed by atoms with Crippen molar-refractivity contribution < 1.29 is 4.92 Å². The van der Waals surface area contributed by atoms with Crippen LogP contribution < -0.4 is 5.32 Å². The Kier molecular flexibility index (Phi) is 4.42. The highest BCUT2D eigenvalue weighted by Crippen LogP contribution is 2.29. The van der Waals surface area contributed by atoms with Crippen LogP contribution in [0.3, 0.4) is 0 Å². The first-order valence-electron chi connectivity index (χ1n) is 7.56. The first kappa shape index (κ1) is 14.8. The quantitative estimate of drug-likeness (QED) is 0.686. The van der Waals surface area contributed by atoms with Gasteiger partial charge in [0, 0.05) is 31.2 Å². The molecule has 6 heteroatoms. The Balaban J connectivity index is 1.69. The van der Waals surface area contributed by atoms with E-state index in [1.165, 1.54) is 31.9 Å². The van der Waals surface area contributed by atoms with Gasteiger partial charge in [0.05, 0.1) is 15.5 Å². The lowest BCUT2D eigenvalue weighted by Crippen LogP contribution is -2.44. The molecule has 0 amide bonds. The molecular weight excluding hydrogens is 290 g/mol. The number of rotatable bonds is 4. The molecule has 1 aromatic carbocycles. The summed E-state index contributed by atoms with van der Waals surface area (Å²) in [5.74, 6) is 0. The predicted molar refractivity (Wildman–Crippen MR) is 82.6 cm³/mol. The Hall–Kier alpha value is -1.17. The van der Waals surface area contributed by atoms with Gasteiger partial charge in [0.15, 0.2) is 0 Å². The molecule has 5 nitrogen and oxygen atoms in total. The van der Waals surface area contributed by atoms with Crippen LogP contribution in [0.2, 0.25) is 5.02 Å². The maximum Gasteiger partial charge on any atom is 0.275 e. The van der Waals surface area contributed by atoms with E-state index in [9.17, 15) is 10.1 Å². The lowest BCUT2D eigenvalue weighted by molar-refractivity contribution is -0.385. The lowest BCUT2D eigenvalue weighted by atomic mass is 9.99. The lowest BCUT2D eigenvalue weighted by Gasteiger charge is -2.32. The minimum atomic E-state index is -0.357. The molecule has 0 radical (unpaired) electrons. The Morgan fingerprint density at radius 3 is 3.00 bits per heavy atom. The van der Waals surface area contributed by atoms with Crippen LogP contribution in [0.4, 0.5) is 5.69 Å². The number of benzene rings is 1. The zero-order chi connectivity index (χ0) is 14.8. The molecule has 0 saturated carbocycles. The number of nitro benzene ring substituents is 1. The van der Waals surface area contributed by atoms with E-state index >= 15 is 0 Å². The number of nitro groups is 1. The summed E-state index contributed by atoms with van der Waals surface area (Å²) in [7, 11) is 0. The summed E-state index contributed by atoms with van der Waals surface area (Å²) < 4.78 is 0. The number of nitrogens with zero attached hydrogens (tertiary/aromatic N) is 2. The van der Waals surface area contributed by atoms with E-state index in [-0.39, 0.29) is 10.6 Å². The Labute approximate surface area is 129 Å². The zero-order valence-electron chi connectivity index (χ0n) is 11.9. The van der Waals surface area contributed by atoms with Crippen LogP contribution in [0.15, 0.2) is 18.2 Å². The van der Waals surface area contributed by atoms with E-state index in [1.54, 1.807) is 12.1 Å². The molecule has 2 fully saturated rings. The summed E-state index contributed by atoms with van der Waals surface area (Å²) in [6, 6.07) is 5.86. The van der Waals surface area contributed by atoms with Crippen LogP contribution in [-0.2, 0) is 6.54 Å². The van der Waals surface area contributed by atoms with Crippen molar-refractivity contribution in [3.05, 3.63) is 38.9 Å². The molecule has 21 heavy (non-hydrogen) atoms. The van der Waals surface area contributed by atoms with E-state index in [2.05, 4.69) is 10.2 Å². The van der Waals surface area contributed by atoms with E-state index in [0.717, 1.165) is 13.0 Å². The highest BCUT2D eigenvalue weighted by Gasteiger charge is 2.35. The van der Waals surface area contributed by atoms with Gasteiger partial charge in [0.1, 0.15) is 0 Å². The van der Waals surface area contributed by atoms with Gasteiger partial charge in [-0.25, -0.2) is 0 Å². The normalized spacial score (nSPS) is 25.8. The molecule has 2 unspecified atom stereocenters. The summed E-state index contributed by atoms with van der Waals surface area (Å²) in [5.41, 5.74) is 0.701. The predicted octanol–water partition coefficient (Wildman–Crippen LogP) is 2.96. The Bertz CT molecular complexity index is 538. The maximum absolute atomic E-state index is 11.1. The molecule has 1 aromatic rings. The molecule has 0 aliphatic carbocycles. The van der Waals surface area contributed by atoms with Crippen LogP contribution >= 0.6 is 11.6 Å². The molecule has 0 aromatic heterocycles. The van der Waals surface area contributed by atoms with Gasteiger partial charge < -0.3 is 5.32 Å². The molecule has 2 atom stereocenters. The molecule has 0 spiro atoms. The van der Waals surface area contributed by atoms with E-state index in [4.69, 9.17) is 11.6 Å². The summed E-state index contributed by atoms with van der Waals surface area (Å²) in [4.78, 5) is 13.3. The van der Waals surface area contributed by atoms with Crippen molar-refractivity contribution in [3.8, 4) is 0 Å². The highest BCUT2D eigenvalue weighted by atomic mass is 35.5. The third-order valence-corrected chi connectivity index (χ3v) is 5.04. The fourth-order valence-electron chi connectivity index (χ4n) is 3.61. The average molecular weight is 310 g/mol. The van der Waals surface area contributed by atoms with E-state index in [0.29, 0.717) is 29.2 Å². The molecule has 1 N–H and O–H groups in total. The molecule has 2 heterocycles. The monoisotopic (exact) mass is 309 g/mol. The third-order valence-electron chi connectivity index (χ3n) is 4.69. The van der Waals surface area contributed by atoms with Crippen molar-refractivity contribution in [2.45, 2.75) is 44.3 Å². The first-order valence-corrected chi connectivity index (χ1v) is 7.94. The van der Waals surface area contributed by atoms with Gasteiger partial charge in [-0.3, -0.25) is 15.0 Å². The number of hydrogen-bond acceptors (Lipinski definition) is 4. The molecule has 3 rings (SSSR count). The SMILES string of the molecule is O=[N+]([O-])c1cccc(Cl)c1CNC1CCN2CCCCC12. The third kappa shape index (κ3) is 3.05. The zero-order valence-corrected chi connectivity index (χ0v) is 12.7. The summed E-state index contributed by atoms with van der Waals surface area (Å²) in [6.45, 7) is 2.78. The average Bonchev–Trinajstić information content (AvgIpc) is 2.89. The summed E-state index contributed by atoms with van der Waals surface area (Å²) in [5, 5.41) is 15.1. The van der Waals surface area contributed by atoms with Gasteiger partial charge in [-0.15, -0.1) is 0 Å². The Morgan fingerprint density at radius 1 is 1.33 bits per heavy atom. The second-order valence-corrected chi connectivity index (χ2v) is 6.28. The fourth-order valence-corrected chi connectivity index (χ4v) is 3.85. The minimum Gasteiger partial charge on any atom is -0.308 e. The number of nitrogens with one attached hydrogen (secondary N) is 1. The van der Waals surface area contributed by atoms with Crippen LogP contribution in [0.5, 0.6) is 0 Å². The molecule has 0 bridgehead atoms. The summed E-state index contributed by atoms with van der Waals surface area (Å²) >= 11 is 6.14. The van der Waals surface area contributed by atoms with Gasteiger partial charge in [-0.1, -0.05) is 24.1 Å². The van der Waals surface area contributed by atoms with Gasteiger partial charge >= 0.3 is 0 Å². The standard InChI is InChI=1S/C15H20ClN3O2/c16-12-4-3-6-14(19(20)21)11(12)10-17-13-7-9-18-8-2-1-5-15(13)18/h3-4,6,13,15,17H,1-2,5,7-10H2. The van der Waals surface area contributed by atoms with Crippen LogP contribution in [0.1, 0.15) is 31.2 Å². The first-order chi connectivity index (χ1) is 10.2. The highest BCUT2D eigenvalue weighted by molar-refractivity contribution is 6.31. The molecular formula is C15H20ClN3O2. The maximum atomic E-state index is 11.1. The van der Waals surface area contributed by atoms with Crippen molar-refractivity contribution in [3.63, 3.8) is 0 Å². The summed E-state index contributed by atoms with van der Waals surface area (Å²) in [6.07, 6.45) is 4.91. The van der Waals surface area contributed by atoms with Gasteiger partial charge in [-0.05, 0) is 31.9 Å². The smallest absolute Gasteiger partial charge is 0.275 e. The largest absolute Gasteiger partial charge is 0.308 e. The fraction of sp³-hybridized carbons (Fsp3) is 0.600. The minimum absolute atomic E-state index is 0.105. The van der Waals surface area contributed by atoms with Crippen LogP contribution in [-0.4, -0.2) is 35.0 Å². The number of halogens is 1. The van der Waals surface area contributed by atoms with Crippen molar-refractivity contribution >= 4 is 17.3 Å². The van der Waals surface area contributed by atoms with Crippen molar-refractivity contribution in [1.29, 1.82) is 0 Å². The van der Waals surface area contributed by atoms with Gasteiger partial charge in [-0.2, -0.15) is 0 Å². The molecule has 114 valence electrons.